The van der Waals surface area contributed by atoms with Crippen molar-refractivity contribution in [2.75, 3.05) is 9.80 Å². The van der Waals surface area contributed by atoms with Gasteiger partial charge in [-0.05, 0) is 48.5 Å². The lowest BCUT2D eigenvalue weighted by molar-refractivity contribution is -0.421. The van der Waals surface area contributed by atoms with Gasteiger partial charge in [0, 0.05) is 22.7 Å². The molecule has 5 aromatic carbocycles. The van der Waals surface area contributed by atoms with Crippen LogP contribution in [0.4, 0.5) is 45.5 Å². The number of hydrogen-bond donors (Lipinski definition) is 0. The second kappa shape index (κ2) is 10.8. The van der Waals surface area contributed by atoms with Crippen LogP contribution in [-0.2, 0) is 0 Å². The molecule has 11 heteroatoms. The van der Waals surface area contributed by atoms with Gasteiger partial charge < -0.3 is 9.80 Å². The van der Waals surface area contributed by atoms with E-state index < -0.39 is 21.2 Å². The molecule has 0 atom stereocenters. The van der Waals surface area contributed by atoms with Gasteiger partial charge in [0.15, 0.2) is 11.4 Å². The highest BCUT2D eigenvalue weighted by molar-refractivity contribution is 7.00. The number of para-hydroxylation sites is 4. The molecule has 200 valence electrons. The zero-order valence-electron chi connectivity index (χ0n) is 21.3. The van der Waals surface area contributed by atoms with E-state index >= 15 is 0 Å². The van der Waals surface area contributed by atoms with Crippen LogP contribution in [0, 0.1) is 20.2 Å². The van der Waals surface area contributed by atoms with Gasteiger partial charge in [0.2, 0.25) is 0 Å². The first-order valence-corrected chi connectivity index (χ1v) is 13.2. The van der Waals surface area contributed by atoms with Gasteiger partial charge >= 0.3 is 11.4 Å². The first-order chi connectivity index (χ1) is 20.1. The molecule has 0 aliphatic carbocycles. The zero-order valence-corrected chi connectivity index (χ0v) is 22.1. The van der Waals surface area contributed by atoms with Crippen LogP contribution in [0.25, 0.3) is 11.0 Å². The number of hydrogen-bond acceptors (Lipinski definition) is 9. The van der Waals surface area contributed by atoms with E-state index in [4.69, 9.17) is 0 Å². The lowest BCUT2D eigenvalue weighted by atomic mass is 10.1. The standard InChI is InChI=1S/C30H20N6O4S/c37-35(38)29-27(33(21-13-5-1-6-14-21)22-15-7-2-8-16-22)25-26(32-41-31-25)28(30(29)36(39)40)34(23-17-9-3-10-18-23)24-19-11-4-12-20-24/h1-20H. The minimum atomic E-state index is -0.706. The molecule has 1 heterocycles. The first-order valence-electron chi connectivity index (χ1n) is 12.5. The van der Waals surface area contributed by atoms with E-state index in [1.807, 2.05) is 24.3 Å². The van der Waals surface area contributed by atoms with Gasteiger partial charge in [-0.15, -0.1) is 0 Å². The van der Waals surface area contributed by atoms with Crippen molar-refractivity contribution < 1.29 is 9.85 Å². The SMILES string of the molecule is O=[N+]([O-])c1c([N+](=O)[O-])c(N(c2ccccc2)c2ccccc2)c2nsnc2c1N(c1ccccc1)c1ccccc1. The molecule has 0 aliphatic rings. The van der Waals surface area contributed by atoms with Crippen molar-refractivity contribution in [3.8, 4) is 0 Å². The van der Waals surface area contributed by atoms with E-state index in [1.165, 1.54) is 0 Å². The third-order valence-electron chi connectivity index (χ3n) is 6.48. The van der Waals surface area contributed by atoms with Gasteiger partial charge in [-0.25, -0.2) is 0 Å². The minimum Gasteiger partial charge on any atom is -0.302 e. The summed E-state index contributed by atoms with van der Waals surface area (Å²) >= 11 is 0.839. The van der Waals surface area contributed by atoms with Gasteiger partial charge in [-0.2, -0.15) is 8.75 Å². The van der Waals surface area contributed by atoms with Crippen LogP contribution in [0.3, 0.4) is 0 Å². The highest BCUT2D eigenvalue weighted by atomic mass is 32.1. The van der Waals surface area contributed by atoms with Gasteiger partial charge in [0.25, 0.3) is 0 Å². The van der Waals surface area contributed by atoms with E-state index in [9.17, 15) is 20.2 Å². The van der Waals surface area contributed by atoms with Crippen molar-refractivity contribution in [2.24, 2.45) is 0 Å². The summed E-state index contributed by atoms with van der Waals surface area (Å²) in [5.41, 5.74) is 1.19. The van der Waals surface area contributed by atoms with Crippen molar-refractivity contribution in [2.45, 2.75) is 0 Å². The molecular weight excluding hydrogens is 540 g/mol. The van der Waals surface area contributed by atoms with Gasteiger partial charge in [0.05, 0.1) is 21.6 Å². The summed E-state index contributed by atoms with van der Waals surface area (Å²) in [6.45, 7) is 0. The number of nitrogens with zero attached hydrogens (tertiary/aromatic N) is 6. The lowest BCUT2D eigenvalue weighted by Gasteiger charge is -2.28. The number of nitro benzene ring substituents is 2. The predicted molar refractivity (Wildman–Crippen MR) is 160 cm³/mol. The van der Waals surface area contributed by atoms with Crippen LogP contribution < -0.4 is 9.80 Å². The number of fused-ring (bicyclic) bond motifs is 1. The fourth-order valence-corrected chi connectivity index (χ4v) is 5.39. The monoisotopic (exact) mass is 560 g/mol. The molecule has 1 aromatic heterocycles. The molecular formula is C30H20N6O4S. The molecule has 0 fully saturated rings. The number of aromatic nitrogens is 2. The molecule has 0 bridgehead atoms. The molecule has 0 spiro atoms. The van der Waals surface area contributed by atoms with Gasteiger partial charge in [0.1, 0.15) is 11.0 Å². The Labute approximate surface area is 238 Å². The normalized spacial score (nSPS) is 10.8. The quantitative estimate of drug-likeness (QED) is 0.134. The maximum absolute atomic E-state index is 12.9. The molecule has 0 unspecified atom stereocenters. The molecule has 0 amide bonds. The summed E-state index contributed by atoms with van der Waals surface area (Å²) < 4.78 is 9.00. The van der Waals surface area contributed by atoms with Crippen LogP contribution in [0.1, 0.15) is 0 Å². The number of benzene rings is 5. The Kier molecular flexibility index (Phi) is 6.76. The molecule has 0 radical (unpaired) electrons. The highest BCUT2D eigenvalue weighted by Gasteiger charge is 2.43. The number of nitro groups is 2. The fourth-order valence-electron chi connectivity index (χ4n) is 4.84. The minimum absolute atomic E-state index is 0.0346. The highest BCUT2D eigenvalue weighted by Crippen LogP contribution is 2.55. The first kappa shape index (κ1) is 25.6. The Morgan fingerprint density at radius 3 is 1.00 bits per heavy atom. The Balaban J connectivity index is 1.78. The largest absolute Gasteiger partial charge is 0.374 e. The zero-order chi connectivity index (χ0) is 28.3. The summed E-state index contributed by atoms with van der Waals surface area (Å²) in [6, 6.07) is 35.9. The summed E-state index contributed by atoms with van der Waals surface area (Å²) in [4.78, 5) is 27.7. The Morgan fingerprint density at radius 1 is 0.488 bits per heavy atom. The van der Waals surface area contributed by atoms with E-state index in [0.717, 1.165) is 11.7 Å². The molecule has 41 heavy (non-hydrogen) atoms. The van der Waals surface area contributed by atoms with E-state index in [2.05, 4.69) is 8.75 Å². The number of anilines is 6. The van der Waals surface area contributed by atoms with Crippen molar-refractivity contribution in [3.05, 3.63) is 142 Å². The molecule has 6 aromatic rings. The fraction of sp³-hybridized carbons (Fsp3) is 0. The smallest absolute Gasteiger partial charge is 0.302 e. The topological polar surface area (TPSA) is 119 Å². The van der Waals surface area contributed by atoms with Crippen molar-refractivity contribution in [3.63, 3.8) is 0 Å². The molecule has 6 rings (SSSR count). The lowest BCUT2D eigenvalue weighted by Crippen LogP contribution is -2.17. The Morgan fingerprint density at radius 2 is 0.756 bits per heavy atom. The predicted octanol–water partition coefficient (Wildman–Crippen LogP) is 8.45. The van der Waals surface area contributed by atoms with E-state index in [0.29, 0.717) is 22.7 Å². The van der Waals surface area contributed by atoms with Gasteiger partial charge in [-0.1, -0.05) is 72.8 Å². The van der Waals surface area contributed by atoms with Crippen LogP contribution in [-0.4, -0.2) is 18.6 Å². The van der Waals surface area contributed by atoms with E-state index in [1.54, 1.807) is 107 Å². The summed E-state index contributed by atoms with van der Waals surface area (Å²) in [6.07, 6.45) is 0. The Hall–Kier alpha value is -5.68. The molecule has 0 saturated carbocycles. The second-order valence-corrected chi connectivity index (χ2v) is 9.41. The summed E-state index contributed by atoms with van der Waals surface area (Å²) in [5, 5.41) is 25.9. The van der Waals surface area contributed by atoms with Crippen molar-refractivity contribution in [1.29, 1.82) is 0 Å². The molecule has 0 N–H and O–H groups in total. The van der Waals surface area contributed by atoms with E-state index in [-0.39, 0.29) is 22.4 Å². The van der Waals surface area contributed by atoms with Crippen LogP contribution >= 0.6 is 11.7 Å². The van der Waals surface area contributed by atoms with Crippen molar-refractivity contribution >= 4 is 68.3 Å². The summed E-state index contributed by atoms with van der Waals surface area (Å²) in [7, 11) is 0. The van der Waals surface area contributed by atoms with Crippen LogP contribution in [0.2, 0.25) is 0 Å². The summed E-state index contributed by atoms with van der Waals surface area (Å²) in [5.74, 6) is 0. The molecule has 0 aliphatic heterocycles. The second-order valence-electron chi connectivity index (χ2n) is 8.88. The molecule has 0 saturated heterocycles. The third-order valence-corrected chi connectivity index (χ3v) is 7.01. The van der Waals surface area contributed by atoms with Crippen LogP contribution in [0.5, 0.6) is 0 Å². The third kappa shape index (κ3) is 4.60. The van der Waals surface area contributed by atoms with Crippen molar-refractivity contribution in [1.82, 2.24) is 8.75 Å². The molecule has 10 nitrogen and oxygen atoms in total. The maximum atomic E-state index is 12.9. The average molecular weight is 561 g/mol. The van der Waals surface area contributed by atoms with Crippen LogP contribution in [0.15, 0.2) is 121 Å². The number of rotatable bonds is 8. The maximum Gasteiger partial charge on any atom is 0.374 e. The average Bonchev–Trinajstić information content (AvgIpc) is 3.50. The van der Waals surface area contributed by atoms with Gasteiger partial charge in [-0.3, -0.25) is 20.2 Å². The Bertz CT molecular complexity index is 1640.